The first kappa shape index (κ1) is 59.8. The van der Waals surface area contributed by atoms with E-state index in [4.69, 9.17) is 0 Å². The summed E-state index contributed by atoms with van der Waals surface area (Å²) in [6, 6.07) is 104. The van der Waals surface area contributed by atoms with Gasteiger partial charge in [-0.05, 0) is 186 Å². The van der Waals surface area contributed by atoms with E-state index in [0.29, 0.717) is 0 Å². The Balaban J connectivity index is 1.17. The second-order valence-corrected chi connectivity index (χ2v) is 32.1. The highest BCUT2D eigenvalue weighted by Gasteiger charge is 2.41. The number of nitrogens with zero attached hydrogens (tertiary/aromatic N) is 3. The normalized spacial score (nSPS) is 13.1. The third-order valence-electron chi connectivity index (χ3n) is 21.9. The highest BCUT2D eigenvalue weighted by molar-refractivity contribution is 7.00. The summed E-state index contributed by atoms with van der Waals surface area (Å²) < 4.78 is 8.04. The molecule has 13 aromatic carbocycles. The van der Waals surface area contributed by atoms with Crippen LogP contribution < -0.4 is 16.4 Å². The van der Waals surface area contributed by atoms with Gasteiger partial charge in [-0.25, -0.2) is 0 Å². The number of fused-ring (bicyclic) bond motifs is 21. The number of rotatable bonds is 3. The van der Waals surface area contributed by atoms with Crippen molar-refractivity contribution >= 4 is 132 Å². The predicted molar refractivity (Wildman–Crippen MR) is 425 cm³/mol. The van der Waals surface area contributed by atoms with Crippen LogP contribution in [0.3, 0.4) is 0 Å². The van der Waals surface area contributed by atoms with Gasteiger partial charge in [0.05, 0.1) is 27.8 Å². The Morgan fingerprint density at radius 2 is 0.531 bits per heavy atom. The molecule has 4 heteroatoms. The lowest BCUT2D eigenvalue weighted by Crippen LogP contribution is -2.60. The highest BCUT2D eigenvalue weighted by atomic mass is 15.1. The van der Waals surface area contributed by atoms with Gasteiger partial charge in [0, 0.05) is 54.7 Å². The van der Waals surface area contributed by atoms with Crippen LogP contribution in [-0.2, 0) is 21.7 Å². The molecule has 98 heavy (non-hydrogen) atoms. The van der Waals surface area contributed by atoms with Gasteiger partial charge in [0.25, 0.3) is 6.71 Å². The molecule has 16 aromatic rings. The minimum Gasteiger partial charge on any atom is -0.310 e. The summed E-state index contributed by atoms with van der Waals surface area (Å²) in [5.41, 5.74) is 23.8. The molecule has 0 N–H and O–H groups in total. The molecule has 2 aliphatic rings. The summed E-state index contributed by atoms with van der Waals surface area (Å²) in [7, 11) is 0. The second-order valence-electron chi connectivity index (χ2n) is 32.1. The first-order valence-electron chi connectivity index (χ1n) is 35.2. The van der Waals surface area contributed by atoms with Crippen LogP contribution >= 0.6 is 0 Å². The molecule has 0 radical (unpaired) electrons. The van der Waals surface area contributed by atoms with E-state index < -0.39 is 0 Å². The number of benzene rings is 13. The van der Waals surface area contributed by atoms with Crippen LogP contribution in [0.1, 0.15) is 105 Å². The van der Waals surface area contributed by atoms with Crippen molar-refractivity contribution in [2.45, 2.75) is 105 Å². The molecule has 0 saturated carbocycles. The molecule has 0 saturated heterocycles. The lowest BCUT2D eigenvalue weighted by Gasteiger charge is -2.37. The van der Waals surface area contributed by atoms with Crippen molar-refractivity contribution in [3.8, 4) is 39.3 Å². The SMILES string of the molecule is CC(C)(C)c1cccc(-c2cc3c4c(c2)c2ccccc2c2ccc(C(C)(C)C)cc2c2ccccc2n4-c2cc(-n4c5ccccc5c5ccccc54)cc4c2B3c2cc(-c3cccc(C(C)(C)C)c3)cc3c5ccccc5c5ccc(C(C)(C)C)cc5c5ccccc5n-4c23)c1. The van der Waals surface area contributed by atoms with E-state index in [1.807, 2.05) is 0 Å². The van der Waals surface area contributed by atoms with Crippen molar-refractivity contribution in [1.29, 1.82) is 0 Å². The molecule has 2 aliphatic heterocycles. The molecule has 474 valence electrons. The van der Waals surface area contributed by atoms with Crippen molar-refractivity contribution in [3.05, 3.63) is 289 Å². The van der Waals surface area contributed by atoms with Gasteiger partial charge in [0.2, 0.25) is 0 Å². The van der Waals surface area contributed by atoms with E-state index >= 15 is 0 Å². The molecule has 0 amide bonds. The van der Waals surface area contributed by atoms with Crippen molar-refractivity contribution < 1.29 is 0 Å². The second kappa shape index (κ2) is 21.4. The Morgan fingerprint density at radius 3 is 0.898 bits per heavy atom. The van der Waals surface area contributed by atoms with Gasteiger partial charge < -0.3 is 13.7 Å². The summed E-state index contributed by atoms with van der Waals surface area (Å²) in [5.74, 6) is 0. The Morgan fingerprint density at radius 1 is 0.224 bits per heavy atom. The monoisotopic (exact) mass is 1260 g/mol. The van der Waals surface area contributed by atoms with E-state index in [1.54, 1.807) is 0 Å². The summed E-state index contributed by atoms with van der Waals surface area (Å²) in [6.45, 7) is 27.8. The van der Waals surface area contributed by atoms with Crippen LogP contribution in [0.5, 0.6) is 0 Å². The van der Waals surface area contributed by atoms with Gasteiger partial charge in [-0.1, -0.05) is 289 Å². The Labute approximate surface area is 575 Å². The summed E-state index contributed by atoms with van der Waals surface area (Å²) in [6.07, 6.45) is 0. The molecule has 5 heterocycles. The summed E-state index contributed by atoms with van der Waals surface area (Å²) in [5, 5.41) is 17.0. The standard InChI is InChI=1S/C94H80BN3/c1-91(2,3)61-29-25-27-57(47-61)59-49-78-68-33-15-13-31-66(68)70-45-43-63(93(7,8)9)53-76(70)74-37-19-23-41-84(74)97-86-55-65(96-82-39-21-17-35-72(82)73-36-18-22-40-83(73)96)56-87-88(86)95(80(51-59)89(78)97)81-52-60(58-28-26-30-62(48-58)92(4,5)6)50-79-69-34-16-14-32-67(69)71-46-44-64(94(10,11)12)54-77(71)75-38-20-24-42-85(75)98(87)90(79)81/h13-56H,1-12H3. The maximum absolute atomic E-state index is 2.74. The third kappa shape index (κ3) is 9.16. The molecule has 0 aliphatic carbocycles. The zero-order chi connectivity index (χ0) is 67.1. The van der Waals surface area contributed by atoms with Crippen molar-refractivity contribution in [3.63, 3.8) is 0 Å². The third-order valence-corrected chi connectivity index (χ3v) is 21.9. The fourth-order valence-electron chi connectivity index (χ4n) is 16.8. The largest absolute Gasteiger partial charge is 0.310 e. The molecule has 3 aromatic heterocycles. The van der Waals surface area contributed by atoms with Crippen LogP contribution in [0.25, 0.3) is 148 Å². The Bertz CT molecular complexity index is 5910. The van der Waals surface area contributed by atoms with Gasteiger partial charge in [-0.3, -0.25) is 0 Å². The minimum absolute atomic E-state index is 0.0798. The highest BCUT2D eigenvalue weighted by Crippen LogP contribution is 2.45. The van der Waals surface area contributed by atoms with Crippen molar-refractivity contribution in [2.75, 3.05) is 0 Å². The van der Waals surface area contributed by atoms with Crippen molar-refractivity contribution in [1.82, 2.24) is 13.7 Å². The van der Waals surface area contributed by atoms with Gasteiger partial charge in [-0.15, -0.1) is 0 Å². The van der Waals surface area contributed by atoms with E-state index in [-0.39, 0.29) is 28.4 Å². The molecular formula is C94H80BN3. The van der Waals surface area contributed by atoms with E-state index in [0.717, 1.165) is 28.1 Å². The molecule has 3 nitrogen and oxygen atoms in total. The fraction of sp³-hybridized carbons (Fsp3) is 0.170. The molecule has 0 spiro atoms. The van der Waals surface area contributed by atoms with E-state index in [2.05, 4.69) is 364 Å². The zero-order valence-electron chi connectivity index (χ0n) is 58.3. The van der Waals surface area contributed by atoms with Gasteiger partial charge >= 0.3 is 0 Å². The Hall–Kier alpha value is -10.7. The lowest BCUT2D eigenvalue weighted by atomic mass is 9.34. The first-order chi connectivity index (χ1) is 47.2. The lowest BCUT2D eigenvalue weighted by molar-refractivity contribution is 0.590. The van der Waals surface area contributed by atoms with Crippen LogP contribution in [0.4, 0.5) is 0 Å². The van der Waals surface area contributed by atoms with Gasteiger partial charge in [0.1, 0.15) is 0 Å². The number of hydrogen-bond donors (Lipinski definition) is 0. The van der Waals surface area contributed by atoms with Gasteiger partial charge in [0.15, 0.2) is 0 Å². The average molecular weight is 1260 g/mol. The molecule has 0 unspecified atom stereocenters. The van der Waals surface area contributed by atoms with Crippen LogP contribution in [0.2, 0.25) is 0 Å². The smallest absolute Gasteiger partial charge is 0.252 e. The summed E-state index contributed by atoms with van der Waals surface area (Å²) >= 11 is 0. The number of aromatic nitrogens is 3. The predicted octanol–water partition coefficient (Wildman–Crippen LogP) is 23.5. The molecule has 0 atom stereocenters. The summed E-state index contributed by atoms with van der Waals surface area (Å²) in [4.78, 5) is 0. The first-order valence-corrected chi connectivity index (χ1v) is 35.2. The quantitative estimate of drug-likeness (QED) is 0.157. The van der Waals surface area contributed by atoms with E-state index in [1.165, 1.54) is 158 Å². The van der Waals surface area contributed by atoms with Crippen LogP contribution in [0, 0.1) is 0 Å². The molecular weight excluding hydrogens is 1180 g/mol. The topological polar surface area (TPSA) is 14.8 Å². The maximum Gasteiger partial charge on any atom is 0.252 e. The fourth-order valence-corrected chi connectivity index (χ4v) is 16.8. The van der Waals surface area contributed by atoms with Crippen molar-refractivity contribution in [2.24, 2.45) is 0 Å². The number of hydrogen-bond acceptors (Lipinski definition) is 0. The van der Waals surface area contributed by atoms with Crippen LogP contribution in [0.15, 0.2) is 267 Å². The Kier molecular flexibility index (Phi) is 13.1. The number of para-hydroxylation sites is 4. The van der Waals surface area contributed by atoms with Crippen LogP contribution in [-0.4, -0.2) is 20.4 Å². The molecule has 0 fully saturated rings. The molecule has 0 bridgehead atoms. The molecule has 18 rings (SSSR count). The van der Waals surface area contributed by atoms with Gasteiger partial charge in [-0.2, -0.15) is 0 Å². The van der Waals surface area contributed by atoms with E-state index in [9.17, 15) is 0 Å². The maximum atomic E-state index is 2.74. The minimum atomic E-state index is -0.288. The zero-order valence-corrected chi connectivity index (χ0v) is 58.3. The average Bonchev–Trinajstić information content (AvgIpc) is 1.64.